The predicted molar refractivity (Wildman–Crippen MR) is 100 cm³/mol. The number of benzene rings is 2. The van der Waals surface area contributed by atoms with E-state index in [1.807, 2.05) is 12.1 Å². The zero-order valence-corrected chi connectivity index (χ0v) is 13.8. The second kappa shape index (κ2) is 5.55. The van der Waals surface area contributed by atoms with E-state index in [1.54, 1.807) is 12.4 Å². The van der Waals surface area contributed by atoms with Crippen LogP contribution in [0.15, 0.2) is 66.5 Å². The Morgan fingerprint density at radius 3 is 2.68 bits per heavy atom. The standard InChI is InChI=1S/C22H18N2O/c25-19-7-3-6-17-20-16-5-2-1-4-14(16)8-9-18(20)24-22(21(17)19)15-10-12-23-13-11-15/h1-2,4-5,8-13,22,24H,3,6-7H2/t22-/m0/s1. The molecule has 0 saturated heterocycles. The van der Waals surface area contributed by atoms with Crippen molar-refractivity contribution in [3.05, 3.63) is 77.6 Å². The Hall–Kier alpha value is -2.94. The van der Waals surface area contributed by atoms with Gasteiger partial charge in [-0.1, -0.05) is 30.3 Å². The van der Waals surface area contributed by atoms with E-state index >= 15 is 0 Å². The Balaban J connectivity index is 1.81. The van der Waals surface area contributed by atoms with Crippen molar-refractivity contribution in [1.29, 1.82) is 0 Å². The van der Waals surface area contributed by atoms with Gasteiger partial charge in [0.15, 0.2) is 5.78 Å². The van der Waals surface area contributed by atoms with Crippen molar-refractivity contribution in [3.63, 3.8) is 0 Å². The number of nitrogens with zero attached hydrogens (tertiary/aromatic N) is 1. The summed E-state index contributed by atoms with van der Waals surface area (Å²) in [6.07, 6.45) is 6.12. The summed E-state index contributed by atoms with van der Waals surface area (Å²) in [5.41, 5.74) is 5.60. The van der Waals surface area contributed by atoms with Gasteiger partial charge in [-0.3, -0.25) is 9.78 Å². The molecule has 3 nitrogen and oxygen atoms in total. The fraction of sp³-hybridized carbons (Fsp3) is 0.182. The van der Waals surface area contributed by atoms with Gasteiger partial charge in [0, 0.05) is 35.6 Å². The topological polar surface area (TPSA) is 42.0 Å². The van der Waals surface area contributed by atoms with Crippen LogP contribution in [0.2, 0.25) is 0 Å². The highest BCUT2D eigenvalue weighted by Gasteiger charge is 2.34. The first-order chi connectivity index (χ1) is 12.3. The van der Waals surface area contributed by atoms with Gasteiger partial charge >= 0.3 is 0 Å². The summed E-state index contributed by atoms with van der Waals surface area (Å²) in [7, 11) is 0. The highest BCUT2D eigenvalue weighted by atomic mass is 16.1. The number of fused-ring (bicyclic) bond motifs is 4. The monoisotopic (exact) mass is 326 g/mol. The first kappa shape index (κ1) is 14.4. The number of carbonyl (C=O) groups excluding carboxylic acids is 1. The summed E-state index contributed by atoms with van der Waals surface area (Å²) >= 11 is 0. The van der Waals surface area contributed by atoms with Gasteiger partial charge in [0.25, 0.3) is 0 Å². The van der Waals surface area contributed by atoms with E-state index in [4.69, 9.17) is 0 Å². The largest absolute Gasteiger partial charge is 0.373 e. The number of hydrogen-bond acceptors (Lipinski definition) is 3. The molecule has 0 radical (unpaired) electrons. The van der Waals surface area contributed by atoms with Crippen molar-refractivity contribution in [2.75, 3.05) is 5.32 Å². The number of carbonyl (C=O) groups is 1. The maximum absolute atomic E-state index is 12.8. The minimum Gasteiger partial charge on any atom is -0.373 e. The maximum Gasteiger partial charge on any atom is 0.161 e. The molecule has 3 aromatic rings. The van der Waals surface area contributed by atoms with Crippen LogP contribution in [0.1, 0.15) is 36.4 Å². The zero-order valence-electron chi connectivity index (χ0n) is 13.8. The van der Waals surface area contributed by atoms with Gasteiger partial charge < -0.3 is 5.32 Å². The first-order valence-corrected chi connectivity index (χ1v) is 8.78. The molecule has 0 bridgehead atoms. The van der Waals surface area contributed by atoms with E-state index < -0.39 is 0 Å². The van der Waals surface area contributed by atoms with Crippen LogP contribution < -0.4 is 5.32 Å². The van der Waals surface area contributed by atoms with Crippen molar-refractivity contribution in [3.8, 4) is 0 Å². The molecule has 3 heteroatoms. The number of Topliss-reactive ketones (excluding diaryl/α,β-unsaturated/α-hetero) is 1. The van der Waals surface area contributed by atoms with Gasteiger partial charge in [0.2, 0.25) is 0 Å². The van der Waals surface area contributed by atoms with Crippen LogP contribution in [0.5, 0.6) is 0 Å². The number of hydrogen-bond donors (Lipinski definition) is 1. The first-order valence-electron chi connectivity index (χ1n) is 8.78. The molecule has 2 aromatic carbocycles. The van der Waals surface area contributed by atoms with Crippen LogP contribution in [0.3, 0.4) is 0 Å². The van der Waals surface area contributed by atoms with Crippen molar-refractivity contribution in [2.24, 2.45) is 0 Å². The van der Waals surface area contributed by atoms with Gasteiger partial charge in [-0.15, -0.1) is 0 Å². The Morgan fingerprint density at radius 1 is 0.960 bits per heavy atom. The van der Waals surface area contributed by atoms with E-state index in [9.17, 15) is 4.79 Å². The van der Waals surface area contributed by atoms with Crippen LogP contribution >= 0.6 is 0 Å². The summed E-state index contributed by atoms with van der Waals surface area (Å²) in [5.74, 6) is 0.272. The van der Waals surface area contributed by atoms with Crippen molar-refractivity contribution in [2.45, 2.75) is 25.3 Å². The SMILES string of the molecule is O=C1CCCC2=C1[C@H](c1ccncc1)Nc1ccc3ccccc3c12. The van der Waals surface area contributed by atoms with Gasteiger partial charge in [-0.05, 0) is 52.9 Å². The van der Waals surface area contributed by atoms with E-state index in [0.29, 0.717) is 6.42 Å². The Bertz CT molecular complexity index is 1020. The Kier molecular flexibility index (Phi) is 3.20. The fourth-order valence-corrected chi connectivity index (χ4v) is 4.21. The van der Waals surface area contributed by atoms with Gasteiger partial charge in [-0.25, -0.2) is 0 Å². The molecule has 0 amide bonds. The zero-order chi connectivity index (χ0) is 16.8. The highest BCUT2D eigenvalue weighted by molar-refractivity contribution is 6.12. The second-order valence-corrected chi connectivity index (χ2v) is 6.74. The Labute approximate surface area is 146 Å². The molecule has 2 heterocycles. The van der Waals surface area contributed by atoms with Crippen molar-refractivity contribution < 1.29 is 4.79 Å². The smallest absolute Gasteiger partial charge is 0.161 e. The highest BCUT2D eigenvalue weighted by Crippen LogP contribution is 2.47. The maximum atomic E-state index is 12.8. The lowest BCUT2D eigenvalue weighted by Gasteiger charge is -2.35. The van der Waals surface area contributed by atoms with Crippen molar-refractivity contribution >= 4 is 27.8 Å². The Morgan fingerprint density at radius 2 is 1.80 bits per heavy atom. The number of nitrogens with one attached hydrogen (secondary N) is 1. The molecule has 25 heavy (non-hydrogen) atoms. The van der Waals surface area contributed by atoms with E-state index in [-0.39, 0.29) is 11.8 Å². The molecule has 0 unspecified atom stereocenters. The van der Waals surface area contributed by atoms with E-state index in [0.717, 1.165) is 29.7 Å². The molecule has 0 saturated carbocycles. The van der Waals surface area contributed by atoms with Crippen LogP contribution in [0, 0.1) is 0 Å². The number of rotatable bonds is 1. The summed E-state index contributed by atoms with van der Waals surface area (Å²) in [5, 5.41) is 6.07. The second-order valence-electron chi connectivity index (χ2n) is 6.74. The summed E-state index contributed by atoms with van der Waals surface area (Å²) in [6.45, 7) is 0. The quantitative estimate of drug-likeness (QED) is 0.691. The van der Waals surface area contributed by atoms with Crippen LogP contribution in [0.4, 0.5) is 5.69 Å². The normalized spacial score (nSPS) is 19.4. The molecule has 2 aliphatic rings. The fourth-order valence-electron chi connectivity index (χ4n) is 4.21. The summed E-state index contributed by atoms with van der Waals surface area (Å²) in [6, 6.07) is 16.6. The van der Waals surface area contributed by atoms with Crippen LogP contribution in [-0.4, -0.2) is 10.8 Å². The molecule has 5 rings (SSSR count). The number of aromatic nitrogens is 1. The molecule has 1 aliphatic carbocycles. The number of pyridine rings is 1. The van der Waals surface area contributed by atoms with Gasteiger partial charge in [0.1, 0.15) is 0 Å². The number of anilines is 1. The average Bonchev–Trinajstić information content (AvgIpc) is 2.68. The lowest BCUT2D eigenvalue weighted by molar-refractivity contribution is -0.116. The molecule has 1 aromatic heterocycles. The van der Waals surface area contributed by atoms with Crippen LogP contribution in [-0.2, 0) is 4.79 Å². The van der Waals surface area contributed by atoms with E-state index in [1.165, 1.54) is 21.9 Å². The third-order valence-electron chi connectivity index (χ3n) is 5.31. The third-order valence-corrected chi connectivity index (χ3v) is 5.31. The molecule has 1 aliphatic heterocycles. The molecule has 1 N–H and O–H groups in total. The molecular weight excluding hydrogens is 308 g/mol. The molecule has 0 spiro atoms. The summed E-state index contributed by atoms with van der Waals surface area (Å²) in [4.78, 5) is 17.0. The number of allylic oxidation sites excluding steroid dienone is 1. The number of ketones is 1. The van der Waals surface area contributed by atoms with E-state index in [2.05, 4.69) is 46.7 Å². The summed E-state index contributed by atoms with van der Waals surface area (Å²) < 4.78 is 0. The molecular formula is C22H18N2O. The molecule has 0 fully saturated rings. The van der Waals surface area contributed by atoms with Crippen molar-refractivity contribution in [1.82, 2.24) is 4.98 Å². The molecule has 1 atom stereocenters. The third kappa shape index (κ3) is 2.19. The lowest BCUT2D eigenvalue weighted by atomic mass is 9.77. The predicted octanol–water partition coefficient (Wildman–Crippen LogP) is 4.91. The van der Waals surface area contributed by atoms with Crippen LogP contribution in [0.25, 0.3) is 16.3 Å². The minimum absolute atomic E-state index is 0.0838. The van der Waals surface area contributed by atoms with Gasteiger partial charge in [-0.2, -0.15) is 0 Å². The lowest BCUT2D eigenvalue weighted by Crippen LogP contribution is -2.27. The molecule has 122 valence electrons. The average molecular weight is 326 g/mol. The van der Waals surface area contributed by atoms with Gasteiger partial charge in [0.05, 0.1) is 6.04 Å². The minimum atomic E-state index is -0.0838.